The highest BCUT2D eigenvalue weighted by molar-refractivity contribution is 7.15. The second-order valence-electron chi connectivity index (χ2n) is 5.02. The molecule has 0 saturated heterocycles. The van der Waals surface area contributed by atoms with Crippen LogP contribution >= 0.6 is 11.3 Å². The molecule has 0 saturated carbocycles. The van der Waals surface area contributed by atoms with Crippen molar-refractivity contribution < 1.29 is 14.3 Å². The van der Waals surface area contributed by atoms with E-state index in [2.05, 4.69) is 10.3 Å². The van der Waals surface area contributed by atoms with Crippen molar-refractivity contribution in [1.82, 2.24) is 10.3 Å². The molecule has 2 aromatic heterocycles. The molecular weight excluding hydrogens is 312 g/mol. The second-order valence-corrected chi connectivity index (χ2v) is 6.22. The summed E-state index contributed by atoms with van der Waals surface area (Å²) < 4.78 is 5.32. The van der Waals surface area contributed by atoms with Crippen molar-refractivity contribution in [2.24, 2.45) is 0 Å². The zero-order valence-electron chi connectivity index (χ0n) is 12.5. The Bertz CT molecular complexity index is 782. The number of aromatic nitrogens is 1. The van der Waals surface area contributed by atoms with Gasteiger partial charge in [0, 0.05) is 4.88 Å². The molecule has 0 aliphatic rings. The van der Waals surface area contributed by atoms with Crippen LogP contribution in [0.4, 0.5) is 0 Å². The van der Waals surface area contributed by atoms with Crippen molar-refractivity contribution in [2.45, 2.75) is 13.0 Å². The van der Waals surface area contributed by atoms with Crippen molar-refractivity contribution in [1.29, 1.82) is 0 Å². The summed E-state index contributed by atoms with van der Waals surface area (Å²) in [5.74, 6) is 0.332. The highest BCUT2D eigenvalue weighted by Gasteiger charge is 2.20. The molecule has 0 spiro atoms. The molecule has 2 N–H and O–H groups in total. The molecule has 0 bridgehead atoms. The fourth-order valence-corrected chi connectivity index (χ4v) is 3.14. The van der Waals surface area contributed by atoms with Gasteiger partial charge in [0.2, 0.25) is 0 Å². The number of thiazole rings is 1. The average molecular weight is 328 g/mol. The van der Waals surface area contributed by atoms with E-state index in [-0.39, 0.29) is 12.5 Å². The number of aliphatic hydroxyl groups excluding tert-OH is 1. The summed E-state index contributed by atoms with van der Waals surface area (Å²) in [4.78, 5) is 17.7. The zero-order chi connectivity index (χ0) is 16.2. The molecular formula is C17H16N2O3S. The van der Waals surface area contributed by atoms with E-state index in [9.17, 15) is 9.90 Å². The van der Waals surface area contributed by atoms with Crippen LogP contribution in [0.1, 0.15) is 27.0 Å². The Labute approximate surface area is 137 Å². The molecule has 1 atom stereocenters. The zero-order valence-corrected chi connectivity index (χ0v) is 13.3. The van der Waals surface area contributed by atoms with Crippen LogP contribution in [0.5, 0.6) is 0 Å². The first-order valence-corrected chi connectivity index (χ1v) is 7.98. The predicted octanol–water partition coefficient (Wildman–Crippen LogP) is 3.17. The Morgan fingerprint density at radius 3 is 2.74 bits per heavy atom. The minimum atomic E-state index is -0.461. The minimum Gasteiger partial charge on any atom is -0.462 e. The topological polar surface area (TPSA) is 75.4 Å². The first-order chi connectivity index (χ1) is 11.2. The number of carbonyl (C=O) groups is 1. The molecule has 6 heteroatoms. The van der Waals surface area contributed by atoms with Crippen molar-refractivity contribution in [2.75, 3.05) is 6.61 Å². The molecule has 118 valence electrons. The van der Waals surface area contributed by atoms with E-state index in [0.717, 1.165) is 10.4 Å². The quantitative estimate of drug-likeness (QED) is 0.754. The highest BCUT2D eigenvalue weighted by atomic mass is 32.1. The Morgan fingerprint density at radius 1 is 1.30 bits per heavy atom. The first kappa shape index (κ1) is 15.5. The maximum atomic E-state index is 12.5. The van der Waals surface area contributed by atoms with Gasteiger partial charge in [-0.25, -0.2) is 4.98 Å². The lowest BCUT2D eigenvalue weighted by atomic mass is 10.1. The molecule has 0 aliphatic carbocycles. The van der Waals surface area contributed by atoms with E-state index < -0.39 is 6.04 Å². The second kappa shape index (κ2) is 6.76. The maximum absolute atomic E-state index is 12.5. The van der Waals surface area contributed by atoms with Gasteiger partial charge < -0.3 is 14.8 Å². The Hall–Kier alpha value is -2.44. The lowest BCUT2D eigenvalue weighted by Gasteiger charge is -2.16. The SMILES string of the molecule is Cc1sc(-c2ccco2)nc1C(=O)NC(CO)c1ccccc1. The van der Waals surface area contributed by atoms with Crippen LogP contribution in [0.2, 0.25) is 0 Å². The number of rotatable bonds is 5. The molecule has 5 nitrogen and oxygen atoms in total. The average Bonchev–Trinajstić information content (AvgIpc) is 3.22. The van der Waals surface area contributed by atoms with Crippen LogP contribution in [0, 0.1) is 6.92 Å². The standard InChI is InChI=1S/C17H16N2O3S/c1-11-15(19-17(23-11)14-8-5-9-22-14)16(21)18-13(10-20)12-6-3-2-4-7-12/h2-9,13,20H,10H2,1H3,(H,18,21). The van der Waals surface area contributed by atoms with Crippen molar-refractivity contribution >= 4 is 17.2 Å². The van der Waals surface area contributed by atoms with Gasteiger partial charge in [0.05, 0.1) is 18.9 Å². The Kier molecular flexibility index (Phi) is 4.55. The third-order valence-corrected chi connectivity index (χ3v) is 4.42. The largest absolute Gasteiger partial charge is 0.462 e. The van der Waals surface area contributed by atoms with Crippen LogP contribution in [-0.4, -0.2) is 22.6 Å². The lowest BCUT2D eigenvalue weighted by molar-refractivity contribution is 0.0911. The van der Waals surface area contributed by atoms with Crippen LogP contribution in [-0.2, 0) is 0 Å². The molecule has 2 heterocycles. The smallest absolute Gasteiger partial charge is 0.271 e. The van der Waals surface area contributed by atoms with Crippen LogP contribution in [0.3, 0.4) is 0 Å². The van der Waals surface area contributed by atoms with Gasteiger partial charge in [-0.05, 0) is 24.6 Å². The summed E-state index contributed by atoms with van der Waals surface area (Å²) in [6.07, 6.45) is 1.57. The maximum Gasteiger partial charge on any atom is 0.271 e. The highest BCUT2D eigenvalue weighted by Crippen LogP contribution is 2.28. The number of aryl methyl sites for hydroxylation is 1. The molecule has 0 radical (unpaired) electrons. The molecule has 1 aromatic carbocycles. The van der Waals surface area contributed by atoms with Crippen LogP contribution in [0.25, 0.3) is 10.8 Å². The van der Waals surface area contributed by atoms with E-state index in [1.165, 1.54) is 11.3 Å². The molecule has 1 unspecified atom stereocenters. The summed E-state index contributed by atoms with van der Waals surface area (Å²) in [6, 6.07) is 12.5. The van der Waals surface area contributed by atoms with E-state index in [4.69, 9.17) is 4.42 Å². The summed E-state index contributed by atoms with van der Waals surface area (Å²) in [7, 11) is 0. The lowest BCUT2D eigenvalue weighted by Crippen LogP contribution is -2.31. The van der Waals surface area contributed by atoms with Gasteiger partial charge in [-0.2, -0.15) is 0 Å². The Balaban J connectivity index is 1.80. The number of amides is 1. The molecule has 0 aliphatic heterocycles. The fourth-order valence-electron chi connectivity index (χ4n) is 2.26. The number of hydrogen-bond donors (Lipinski definition) is 2. The molecule has 1 amide bonds. The number of hydrogen-bond acceptors (Lipinski definition) is 5. The molecule has 0 fully saturated rings. The predicted molar refractivity (Wildman–Crippen MR) is 88.3 cm³/mol. The Morgan fingerprint density at radius 2 is 2.09 bits per heavy atom. The van der Waals surface area contributed by atoms with Crippen LogP contribution < -0.4 is 5.32 Å². The van der Waals surface area contributed by atoms with Gasteiger partial charge in [0.25, 0.3) is 5.91 Å². The minimum absolute atomic E-state index is 0.177. The normalized spacial score (nSPS) is 12.1. The van der Waals surface area contributed by atoms with Crippen molar-refractivity contribution in [3.63, 3.8) is 0 Å². The fraction of sp³-hybridized carbons (Fsp3) is 0.176. The first-order valence-electron chi connectivity index (χ1n) is 7.17. The number of nitrogens with one attached hydrogen (secondary N) is 1. The van der Waals surface area contributed by atoms with Gasteiger partial charge in [-0.3, -0.25) is 4.79 Å². The van der Waals surface area contributed by atoms with Gasteiger partial charge in [-0.15, -0.1) is 11.3 Å². The molecule has 3 rings (SSSR count). The number of benzene rings is 1. The molecule has 3 aromatic rings. The summed E-state index contributed by atoms with van der Waals surface area (Å²) in [5, 5.41) is 13.0. The van der Waals surface area contributed by atoms with Crippen LogP contribution in [0.15, 0.2) is 53.1 Å². The van der Waals surface area contributed by atoms with E-state index in [0.29, 0.717) is 16.5 Å². The number of nitrogens with zero attached hydrogens (tertiary/aromatic N) is 1. The van der Waals surface area contributed by atoms with E-state index >= 15 is 0 Å². The van der Waals surface area contributed by atoms with E-state index in [1.807, 2.05) is 37.3 Å². The number of aliphatic hydroxyl groups is 1. The van der Waals surface area contributed by atoms with Gasteiger partial charge in [0.15, 0.2) is 10.8 Å². The van der Waals surface area contributed by atoms with E-state index in [1.54, 1.807) is 18.4 Å². The number of carbonyl (C=O) groups excluding carboxylic acids is 1. The van der Waals surface area contributed by atoms with Crippen molar-refractivity contribution in [3.8, 4) is 10.8 Å². The molecule has 23 heavy (non-hydrogen) atoms. The third-order valence-electron chi connectivity index (χ3n) is 3.43. The number of furan rings is 1. The van der Waals surface area contributed by atoms with Crippen molar-refractivity contribution in [3.05, 3.63) is 64.9 Å². The third kappa shape index (κ3) is 3.33. The van der Waals surface area contributed by atoms with Gasteiger partial charge >= 0.3 is 0 Å². The summed E-state index contributed by atoms with van der Waals surface area (Å²) in [6.45, 7) is 1.67. The summed E-state index contributed by atoms with van der Waals surface area (Å²) in [5.41, 5.74) is 1.21. The van der Waals surface area contributed by atoms with Gasteiger partial charge in [-0.1, -0.05) is 30.3 Å². The summed E-state index contributed by atoms with van der Waals surface area (Å²) >= 11 is 1.40. The monoisotopic (exact) mass is 328 g/mol. The van der Waals surface area contributed by atoms with Gasteiger partial charge in [0.1, 0.15) is 5.69 Å².